The molecule has 1 aliphatic rings. The SMILES string of the molecule is CC(C)[C@@H](C)[C@@H](C)NC1CC(c2nc(CO)no2)C1. The summed E-state index contributed by atoms with van der Waals surface area (Å²) in [6.45, 7) is 8.93. The number of nitrogens with zero attached hydrogens (tertiary/aromatic N) is 2. The predicted octanol–water partition coefficient (Wildman–Crippen LogP) is 2.08. The second-order valence-electron chi connectivity index (χ2n) is 6.13. The van der Waals surface area contributed by atoms with Gasteiger partial charge in [0.1, 0.15) is 6.61 Å². The zero-order chi connectivity index (χ0) is 14.0. The third-order valence-corrected chi connectivity index (χ3v) is 4.45. The van der Waals surface area contributed by atoms with Crippen molar-refractivity contribution in [2.24, 2.45) is 11.8 Å². The summed E-state index contributed by atoms with van der Waals surface area (Å²) < 4.78 is 5.15. The number of aromatic nitrogens is 2. The fourth-order valence-electron chi connectivity index (χ4n) is 2.55. The van der Waals surface area contributed by atoms with Crippen LogP contribution in [0.1, 0.15) is 58.2 Å². The molecule has 1 saturated carbocycles. The molecule has 1 fully saturated rings. The number of nitrogens with one attached hydrogen (secondary N) is 1. The maximum atomic E-state index is 8.91. The van der Waals surface area contributed by atoms with Crippen LogP contribution in [0.4, 0.5) is 0 Å². The zero-order valence-electron chi connectivity index (χ0n) is 12.3. The normalized spacial score (nSPS) is 26.2. The molecule has 0 saturated heterocycles. The standard InChI is InChI=1S/C14H25N3O2/c1-8(2)9(3)10(4)15-12-5-11(6-12)14-16-13(7-18)17-19-14/h8-12,15,18H,5-7H2,1-4H3/t9-,10-,11?,12?/m1/s1. The van der Waals surface area contributed by atoms with E-state index >= 15 is 0 Å². The van der Waals surface area contributed by atoms with Gasteiger partial charge in [0.15, 0.2) is 5.82 Å². The second-order valence-corrected chi connectivity index (χ2v) is 6.13. The Bertz CT molecular complexity index is 399. The summed E-state index contributed by atoms with van der Waals surface area (Å²) in [5, 5.41) is 16.3. The Hall–Kier alpha value is -0.940. The van der Waals surface area contributed by atoms with Gasteiger partial charge >= 0.3 is 0 Å². The van der Waals surface area contributed by atoms with Crippen LogP contribution in [0.15, 0.2) is 4.52 Å². The second kappa shape index (κ2) is 6.01. The van der Waals surface area contributed by atoms with Crippen molar-refractivity contribution in [3.63, 3.8) is 0 Å². The van der Waals surface area contributed by atoms with Gasteiger partial charge in [0, 0.05) is 18.0 Å². The lowest BCUT2D eigenvalue weighted by atomic mass is 9.79. The van der Waals surface area contributed by atoms with Gasteiger partial charge in [-0.1, -0.05) is 25.9 Å². The molecule has 0 bridgehead atoms. The van der Waals surface area contributed by atoms with Gasteiger partial charge in [-0.25, -0.2) is 0 Å². The predicted molar refractivity (Wildman–Crippen MR) is 72.6 cm³/mol. The third kappa shape index (κ3) is 3.34. The zero-order valence-corrected chi connectivity index (χ0v) is 12.3. The molecule has 2 N–H and O–H groups in total. The Morgan fingerprint density at radius 2 is 2.00 bits per heavy atom. The first-order chi connectivity index (χ1) is 9.01. The number of aliphatic hydroxyl groups excluding tert-OH is 1. The molecule has 5 nitrogen and oxygen atoms in total. The highest BCUT2D eigenvalue weighted by molar-refractivity contribution is 5.03. The van der Waals surface area contributed by atoms with E-state index in [0.717, 1.165) is 12.8 Å². The van der Waals surface area contributed by atoms with Crippen molar-refractivity contribution >= 4 is 0 Å². The molecule has 0 radical (unpaired) electrons. The third-order valence-electron chi connectivity index (χ3n) is 4.45. The first-order valence-electron chi connectivity index (χ1n) is 7.20. The molecule has 5 heteroatoms. The van der Waals surface area contributed by atoms with E-state index in [1.54, 1.807) is 0 Å². The van der Waals surface area contributed by atoms with Gasteiger partial charge in [-0.2, -0.15) is 4.98 Å². The molecule has 0 aromatic carbocycles. The first kappa shape index (κ1) is 14.5. The lowest BCUT2D eigenvalue weighted by Gasteiger charge is -2.38. The Labute approximate surface area is 114 Å². The molecule has 1 heterocycles. The molecule has 1 aromatic heterocycles. The molecule has 0 spiro atoms. The topological polar surface area (TPSA) is 71.2 Å². The summed E-state index contributed by atoms with van der Waals surface area (Å²) in [5.41, 5.74) is 0. The number of aliphatic hydroxyl groups is 1. The summed E-state index contributed by atoms with van der Waals surface area (Å²) in [4.78, 5) is 4.17. The van der Waals surface area contributed by atoms with E-state index in [2.05, 4.69) is 43.2 Å². The van der Waals surface area contributed by atoms with E-state index < -0.39 is 0 Å². The molecule has 2 atom stereocenters. The van der Waals surface area contributed by atoms with Crippen molar-refractivity contribution in [3.8, 4) is 0 Å². The molecular formula is C14H25N3O2. The van der Waals surface area contributed by atoms with Gasteiger partial charge in [0.05, 0.1) is 0 Å². The summed E-state index contributed by atoms with van der Waals surface area (Å²) in [7, 11) is 0. The molecular weight excluding hydrogens is 242 g/mol. The van der Waals surface area contributed by atoms with E-state index in [4.69, 9.17) is 9.63 Å². The molecule has 1 aliphatic carbocycles. The van der Waals surface area contributed by atoms with Crippen molar-refractivity contribution in [2.75, 3.05) is 0 Å². The smallest absolute Gasteiger partial charge is 0.229 e. The Morgan fingerprint density at radius 3 is 2.53 bits per heavy atom. The summed E-state index contributed by atoms with van der Waals surface area (Å²) >= 11 is 0. The van der Waals surface area contributed by atoms with Gasteiger partial charge in [-0.05, 0) is 31.6 Å². The van der Waals surface area contributed by atoms with Crippen molar-refractivity contribution in [2.45, 2.75) is 65.1 Å². The minimum atomic E-state index is -0.152. The first-order valence-corrected chi connectivity index (χ1v) is 7.20. The Kier molecular flexibility index (Phi) is 4.58. The maximum Gasteiger partial charge on any atom is 0.229 e. The van der Waals surface area contributed by atoms with Crippen LogP contribution < -0.4 is 5.32 Å². The average Bonchev–Trinajstić information content (AvgIpc) is 2.79. The Balaban J connectivity index is 1.77. The molecule has 2 rings (SSSR count). The van der Waals surface area contributed by atoms with Crippen molar-refractivity contribution in [1.82, 2.24) is 15.5 Å². The largest absolute Gasteiger partial charge is 0.388 e. The number of hydrogen-bond acceptors (Lipinski definition) is 5. The highest BCUT2D eigenvalue weighted by atomic mass is 16.5. The molecule has 0 unspecified atom stereocenters. The fourth-order valence-corrected chi connectivity index (χ4v) is 2.55. The van der Waals surface area contributed by atoms with E-state index in [9.17, 15) is 0 Å². The number of rotatable bonds is 6. The quantitative estimate of drug-likeness (QED) is 0.825. The van der Waals surface area contributed by atoms with Crippen LogP contribution in [0.3, 0.4) is 0 Å². The van der Waals surface area contributed by atoms with Gasteiger partial charge in [-0.15, -0.1) is 0 Å². The molecule has 0 aliphatic heterocycles. The molecule has 0 amide bonds. The van der Waals surface area contributed by atoms with Crippen molar-refractivity contribution in [1.29, 1.82) is 0 Å². The summed E-state index contributed by atoms with van der Waals surface area (Å²) in [6, 6.07) is 1.08. The van der Waals surface area contributed by atoms with Crippen LogP contribution in [-0.4, -0.2) is 27.3 Å². The van der Waals surface area contributed by atoms with Crippen LogP contribution in [0.25, 0.3) is 0 Å². The lowest BCUT2D eigenvalue weighted by molar-refractivity contribution is 0.195. The van der Waals surface area contributed by atoms with E-state index in [1.807, 2.05) is 0 Å². The Morgan fingerprint density at radius 1 is 1.32 bits per heavy atom. The summed E-state index contributed by atoms with van der Waals surface area (Å²) in [6.07, 6.45) is 2.09. The van der Waals surface area contributed by atoms with E-state index in [-0.39, 0.29) is 6.61 Å². The van der Waals surface area contributed by atoms with Crippen LogP contribution >= 0.6 is 0 Å². The van der Waals surface area contributed by atoms with Crippen molar-refractivity contribution in [3.05, 3.63) is 11.7 Å². The van der Waals surface area contributed by atoms with Crippen LogP contribution in [0, 0.1) is 11.8 Å². The monoisotopic (exact) mass is 267 g/mol. The molecule has 1 aromatic rings. The maximum absolute atomic E-state index is 8.91. The van der Waals surface area contributed by atoms with Crippen LogP contribution in [0.5, 0.6) is 0 Å². The molecule has 108 valence electrons. The average molecular weight is 267 g/mol. The highest BCUT2D eigenvalue weighted by Gasteiger charge is 2.35. The van der Waals surface area contributed by atoms with Crippen LogP contribution in [0.2, 0.25) is 0 Å². The van der Waals surface area contributed by atoms with Gasteiger partial charge in [0.25, 0.3) is 0 Å². The van der Waals surface area contributed by atoms with E-state index in [1.165, 1.54) is 0 Å². The summed E-state index contributed by atoms with van der Waals surface area (Å²) in [5.74, 6) is 2.77. The number of hydrogen-bond donors (Lipinski definition) is 2. The van der Waals surface area contributed by atoms with Gasteiger partial charge in [0.2, 0.25) is 5.89 Å². The molecule has 19 heavy (non-hydrogen) atoms. The van der Waals surface area contributed by atoms with E-state index in [0.29, 0.717) is 41.6 Å². The minimum Gasteiger partial charge on any atom is -0.388 e. The van der Waals surface area contributed by atoms with Gasteiger partial charge < -0.3 is 14.9 Å². The highest BCUT2D eigenvalue weighted by Crippen LogP contribution is 2.36. The minimum absolute atomic E-state index is 0.152. The van der Waals surface area contributed by atoms with Gasteiger partial charge in [-0.3, -0.25) is 0 Å². The fraction of sp³-hybridized carbons (Fsp3) is 0.857. The lowest BCUT2D eigenvalue weighted by Crippen LogP contribution is -2.47. The van der Waals surface area contributed by atoms with Crippen molar-refractivity contribution < 1.29 is 9.63 Å². The van der Waals surface area contributed by atoms with Crippen LogP contribution in [-0.2, 0) is 6.61 Å².